The lowest BCUT2D eigenvalue weighted by molar-refractivity contribution is -0.141. The minimum absolute atomic E-state index is 0.221. The van der Waals surface area contributed by atoms with Crippen LogP contribution in [0.5, 0.6) is 0 Å². The normalized spacial score (nSPS) is 12.1. The molecule has 1 heterocycles. The van der Waals surface area contributed by atoms with Gasteiger partial charge in [-0.15, -0.1) is 0 Å². The van der Waals surface area contributed by atoms with Gasteiger partial charge in [-0.3, -0.25) is 9.59 Å². The molecule has 0 bridgehead atoms. The molecule has 1 atom stereocenters. The van der Waals surface area contributed by atoms with Crippen LogP contribution in [0, 0.1) is 3.57 Å². The Morgan fingerprint density at radius 2 is 1.83 bits per heavy atom. The van der Waals surface area contributed by atoms with Gasteiger partial charge >= 0.3 is 5.97 Å². The monoisotopic (exact) mass is 420 g/mol. The van der Waals surface area contributed by atoms with Gasteiger partial charge in [-0.25, -0.2) is 0 Å². The smallest absolute Gasteiger partial charge is 0.317 e. The van der Waals surface area contributed by atoms with Crippen LogP contribution in [0.1, 0.15) is 17.0 Å². The quantitative estimate of drug-likeness (QED) is 0.479. The van der Waals surface area contributed by atoms with Crippen molar-refractivity contribution in [1.29, 1.82) is 0 Å². The van der Waals surface area contributed by atoms with Gasteiger partial charge in [-0.05, 0) is 52.4 Å². The average molecular weight is 420 g/mol. The van der Waals surface area contributed by atoms with Crippen LogP contribution >= 0.6 is 22.6 Å². The fourth-order valence-corrected chi connectivity index (χ4v) is 2.87. The third kappa shape index (κ3) is 3.01. The molecule has 3 rings (SSSR count). The zero-order chi connectivity index (χ0) is 16.4. The summed E-state index contributed by atoms with van der Waals surface area (Å²) in [6, 6.07) is 14.4. The van der Waals surface area contributed by atoms with Gasteiger partial charge in [0.2, 0.25) is 0 Å². The molecule has 0 fully saturated rings. The molecule has 4 nitrogen and oxygen atoms in total. The predicted octanol–water partition coefficient (Wildman–Crippen LogP) is 3.70. The third-order valence-electron chi connectivity index (χ3n) is 3.66. The molecule has 0 aliphatic heterocycles. The van der Waals surface area contributed by atoms with Crippen molar-refractivity contribution < 1.29 is 13.9 Å². The lowest BCUT2D eigenvalue weighted by Crippen LogP contribution is -2.22. The number of halogens is 1. The summed E-state index contributed by atoms with van der Waals surface area (Å²) < 4.78 is 11.5. The maximum Gasteiger partial charge on any atom is 0.317 e. The van der Waals surface area contributed by atoms with E-state index in [1.54, 1.807) is 24.3 Å². The number of fused-ring (bicyclic) bond motifs is 1. The number of esters is 1. The Hall–Kier alpha value is -2.15. The van der Waals surface area contributed by atoms with Crippen molar-refractivity contribution in [3.63, 3.8) is 0 Å². The summed E-state index contributed by atoms with van der Waals surface area (Å²) in [7, 11) is 1.31. The molecule has 0 saturated heterocycles. The maximum absolute atomic E-state index is 12.8. The fourth-order valence-electron chi connectivity index (χ4n) is 2.51. The Bertz CT molecular complexity index is 912. The highest BCUT2D eigenvalue weighted by Gasteiger charge is 2.27. The molecule has 3 aromatic rings. The van der Waals surface area contributed by atoms with Gasteiger partial charge in [0.05, 0.1) is 24.3 Å². The van der Waals surface area contributed by atoms with Crippen molar-refractivity contribution in [3.05, 3.63) is 79.7 Å². The molecule has 23 heavy (non-hydrogen) atoms. The largest absolute Gasteiger partial charge is 0.468 e. The molecule has 0 N–H and O–H groups in total. The third-order valence-corrected chi connectivity index (χ3v) is 4.38. The first-order valence-corrected chi connectivity index (χ1v) is 8.03. The Balaban J connectivity index is 2.21. The summed E-state index contributed by atoms with van der Waals surface area (Å²) in [6.45, 7) is 0. The van der Waals surface area contributed by atoms with Crippen molar-refractivity contribution in [2.45, 2.75) is 5.92 Å². The van der Waals surface area contributed by atoms with Crippen LogP contribution in [0.2, 0.25) is 0 Å². The van der Waals surface area contributed by atoms with E-state index in [1.165, 1.54) is 13.4 Å². The standard InChI is InChI=1S/C18H13IO4/c1-22-18(21)16(11-6-8-12(19)9-7-11)14-10-23-15-5-3-2-4-13(15)17(14)20/h2-10,16H,1H3. The maximum atomic E-state index is 12.8. The molecule has 0 spiro atoms. The molecular formula is C18H13IO4. The number of hydrogen-bond acceptors (Lipinski definition) is 4. The number of para-hydroxylation sites is 1. The minimum Gasteiger partial charge on any atom is -0.468 e. The van der Waals surface area contributed by atoms with Crippen molar-refractivity contribution in [2.75, 3.05) is 7.11 Å². The highest BCUT2D eigenvalue weighted by Crippen LogP contribution is 2.26. The van der Waals surface area contributed by atoms with Crippen LogP contribution in [-0.2, 0) is 9.53 Å². The number of carbonyl (C=O) groups excluding carboxylic acids is 1. The number of hydrogen-bond donors (Lipinski definition) is 0. The van der Waals surface area contributed by atoms with Crippen molar-refractivity contribution in [3.8, 4) is 0 Å². The summed E-state index contributed by atoms with van der Waals surface area (Å²) >= 11 is 2.18. The van der Waals surface area contributed by atoms with E-state index in [4.69, 9.17) is 9.15 Å². The van der Waals surface area contributed by atoms with Gasteiger partial charge in [-0.2, -0.15) is 0 Å². The molecule has 0 saturated carbocycles. The van der Waals surface area contributed by atoms with E-state index in [2.05, 4.69) is 22.6 Å². The Morgan fingerprint density at radius 1 is 1.13 bits per heavy atom. The van der Waals surface area contributed by atoms with Gasteiger partial charge in [0.15, 0.2) is 5.43 Å². The van der Waals surface area contributed by atoms with E-state index in [0.717, 1.165) is 3.57 Å². The second kappa shape index (κ2) is 6.54. The molecule has 5 heteroatoms. The highest BCUT2D eigenvalue weighted by molar-refractivity contribution is 14.1. The van der Waals surface area contributed by atoms with E-state index < -0.39 is 11.9 Å². The van der Waals surface area contributed by atoms with Crippen molar-refractivity contribution in [2.24, 2.45) is 0 Å². The second-order valence-electron chi connectivity index (χ2n) is 5.02. The zero-order valence-corrected chi connectivity index (χ0v) is 14.4. The number of rotatable bonds is 3. The van der Waals surface area contributed by atoms with Gasteiger partial charge in [-0.1, -0.05) is 24.3 Å². The predicted molar refractivity (Wildman–Crippen MR) is 95.5 cm³/mol. The molecular weight excluding hydrogens is 407 g/mol. The summed E-state index contributed by atoms with van der Waals surface area (Å²) in [5.74, 6) is -1.30. The van der Waals surface area contributed by atoms with Gasteiger partial charge in [0.1, 0.15) is 11.5 Å². The van der Waals surface area contributed by atoms with E-state index >= 15 is 0 Å². The fraction of sp³-hybridized carbons (Fsp3) is 0.111. The van der Waals surface area contributed by atoms with E-state index in [1.807, 2.05) is 24.3 Å². The van der Waals surface area contributed by atoms with Gasteiger partial charge < -0.3 is 9.15 Å². The highest BCUT2D eigenvalue weighted by atomic mass is 127. The molecule has 0 radical (unpaired) electrons. The Morgan fingerprint density at radius 3 is 2.52 bits per heavy atom. The lowest BCUT2D eigenvalue weighted by atomic mass is 9.92. The van der Waals surface area contributed by atoms with E-state index in [9.17, 15) is 9.59 Å². The summed E-state index contributed by atoms with van der Waals surface area (Å²) in [6.07, 6.45) is 1.35. The average Bonchev–Trinajstić information content (AvgIpc) is 2.58. The first-order chi connectivity index (χ1) is 11.1. The van der Waals surface area contributed by atoms with Crippen molar-refractivity contribution in [1.82, 2.24) is 0 Å². The SMILES string of the molecule is COC(=O)C(c1ccc(I)cc1)c1coc2ccccc2c1=O. The summed E-state index contributed by atoms with van der Waals surface area (Å²) in [5, 5.41) is 0.449. The van der Waals surface area contributed by atoms with Crippen LogP contribution in [0.3, 0.4) is 0 Å². The first-order valence-electron chi connectivity index (χ1n) is 6.95. The zero-order valence-electron chi connectivity index (χ0n) is 12.3. The number of ether oxygens (including phenoxy) is 1. The van der Waals surface area contributed by atoms with Crippen LogP contribution < -0.4 is 5.43 Å². The Labute approximate surface area is 146 Å². The molecule has 2 aromatic carbocycles. The number of benzene rings is 2. The van der Waals surface area contributed by atoms with Crippen LogP contribution in [-0.4, -0.2) is 13.1 Å². The molecule has 0 aliphatic rings. The Kier molecular flexibility index (Phi) is 4.47. The first kappa shape index (κ1) is 15.7. The molecule has 1 aromatic heterocycles. The molecule has 0 aliphatic carbocycles. The molecule has 116 valence electrons. The summed E-state index contributed by atoms with van der Waals surface area (Å²) in [4.78, 5) is 25.0. The lowest BCUT2D eigenvalue weighted by Gasteiger charge is -2.15. The van der Waals surface area contributed by atoms with Gasteiger partial charge in [0, 0.05) is 3.57 Å². The number of carbonyl (C=O) groups is 1. The van der Waals surface area contributed by atoms with Gasteiger partial charge in [0.25, 0.3) is 0 Å². The van der Waals surface area contributed by atoms with Crippen LogP contribution in [0.15, 0.2) is 64.0 Å². The summed E-state index contributed by atoms with van der Waals surface area (Å²) in [5.41, 5.74) is 1.24. The van der Waals surface area contributed by atoms with Crippen LogP contribution in [0.4, 0.5) is 0 Å². The number of methoxy groups -OCH3 is 1. The minimum atomic E-state index is -0.808. The van der Waals surface area contributed by atoms with Crippen molar-refractivity contribution >= 4 is 39.5 Å². The second-order valence-corrected chi connectivity index (χ2v) is 6.27. The van der Waals surface area contributed by atoms with E-state index in [-0.39, 0.29) is 11.0 Å². The van der Waals surface area contributed by atoms with Crippen LogP contribution in [0.25, 0.3) is 11.0 Å². The topological polar surface area (TPSA) is 56.5 Å². The molecule has 0 amide bonds. The molecule has 1 unspecified atom stereocenters. The van der Waals surface area contributed by atoms with E-state index in [0.29, 0.717) is 16.5 Å².